The molecule has 0 radical (unpaired) electrons. The first-order valence-electron chi connectivity index (χ1n) is 4.57. The van der Waals surface area contributed by atoms with Gasteiger partial charge in [-0.05, 0) is 39.9 Å². The smallest absolute Gasteiger partial charge is 0.0154 e. The van der Waals surface area contributed by atoms with E-state index in [4.69, 9.17) is 0 Å². The van der Waals surface area contributed by atoms with Crippen molar-refractivity contribution >= 4 is 32.3 Å². The van der Waals surface area contributed by atoms with Crippen LogP contribution in [0.2, 0.25) is 0 Å². The summed E-state index contributed by atoms with van der Waals surface area (Å²) >= 11 is 3.35. The second-order valence-corrected chi connectivity index (χ2v) is 3.81. The Bertz CT molecular complexity index is 483. The molecule has 0 aliphatic rings. The molecule has 0 N–H and O–H groups in total. The van der Waals surface area contributed by atoms with Crippen LogP contribution < -0.4 is 0 Å². The van der Waals surface area contributed by atoms with Crippen LogP contribution in [-0.4, -0.2) is 0 Å². The van der Waals surface area contributed by atoms with Gasteiger partial charge in [0.05, 0.1) is 0 Å². The van der Waals surface area contributed by atoms with Crippen LogP contribution in [0.3, 0.4) is 0 Å². The van der Waals surface area contributed by atoms with Crippen molar-refractivity contribution in [2.24, 2.45) is 0 Å². The third-order valence-electron chi connectivity index (χ3n) is 2.37. The normalized spacial score (nSPS) is 12.0. The largest absolute Gasteiger partial charge is 0.0616 e. The van der Waals surface area contributed by atoms with Gasteiger partial charge >= 0.3 is 0 Å². The van der Waals surface area contributed by atoms with Crippen LogP contribution in [0, 0.1) is 0 Å². The molecule has 0 heterocycles. The third-order valence-corrected chi connectivity index (χ3v) is 3.06. The lowest BCUT2D eigenvalue weighted by Gasteiger charge is -2.02. The van der Waals surface area contributed by atoms with E-state index >= 15 is 0 Å². The van der Waals surface area contributed by atoms with Crippen molar-refractivity contribution in [1.29, 1.82) is 0 Å². The Kier molecular flexibility index (Phi) is 2.69. The lowest BCUT2D eigenvalue weighted by Crippen LogP contribution is -1.79. The molecule has 0 nitrogen and oxygen atoms in total. The molecular weight excluding hydrogens is 236 g/mol. The summed E-state index contributed by atoms with van der Waals surface area (Å²) < 4.78 is 0. The Morgan fingerprint density at radius 1 is 1.07 bits per heavy atom. The van der Waals surface area contributed by atoms with Crippen molar-refractivity contribution in [3.8, 4) is 0 Å². The highest BCUT2D eigenvalue weighted by Crippen LogP contribution is 2.21. The van der Waals surface area contributed by atoms with E-state index in [1.807, 2.05) is 4.99 Å². The standard InChI is InChI=1S/C13H11Br/c1-10(9-14)12-7-6-11-4-2-3-5-13(11)8-12/h2-9H,1H3/b10-9+. The van der Waals surface area contributed by atoms with Crippen molar-refractivity contribution in [3.05, 3.63) is 53.0 Å². The molecule has 2 rings (SSSR count). The van der Waals surface area contributed by atoms with Gasteiger partial charge in [0.25, 0.3) is 0 Å². The summed E-state index contributed by atoms with van der Waals surface area (Å²) in [6, 6.07) is 14.9. The number of halogens is 1. The summed E-state index contributed by atoms with van der Waals surface area (Å²) in [5.74, 6) is 0. The lowest BCUT2D eigenvalue weighted by atomic mass is 10.0. The minimum absolute atomic E-state index is 1.25. The van der Waals surface area contributed by atoms with Gasteiger partial charge in [0, 0.05) is 0 Å². The maximum atomic E-state index is 3.35. The van der Waals surface area contributed by atoms with Gasteiger partial charge in [0.15, 0.2) is 0 Å². The van der Waals surface area contributed by atoms with Crippen LogP contribution >= 0.6 is 15.9 Å². The Morgan fingerprint density at radius 2 is 1.79 bits per heavy atom. The van der Waals surface area contributed by atoms with E-state index in [0.29, 0.717) is 0 Å². The van der Waals surface area contributed by atoms with Gasteiger partial charge in [0.1, 0.15) is 0 Å². The van der Waals surface area contributed by atoms with Crippen molar-refractivity contribution in [3.63, 3.8) is 0 Å². The average Bonchev–Trinajstić information content (AvgIpc) is 2.27. The summed E-state index contributed by atoms with van der Waals surface area (Å²) in [4.78, 5) is 1.96. The van der Waals surface area contributed by atoms with Crippen molar-refractivity contribution in [2.75, 3.05) is 0 Å². The fraction of sp³-hybridized carbons (Fsp3) is 0.0769. The van der Waals surface area contributed by atoms with Crippen molar-refractivity contribution in [1.82, 2.24) is 0 Å². The Balaban J connectivity index is 2.62. The van der Waals surface area contributed by atoms with E-state index in [1.54, 1.807) is 0 Å². The molecule has 1 heteroatoms. The lowest BCUT2D eigenvalue weighted by molar-refractivity contribution is 1.62. The first kappa shape index (κ1) is 9.47. The molecule has 2 aromatic rings. The molecule has 0 atom stereocenters. The summed E-state index contributed by atoms with van der Waals surface area (Å²) in [5.41, 5.74) is 2.51. The molecule has 70 valence electrons. The molecule has 0 spiro atoms. The molecule has 0 bridgehead atoms. The number of fused-ring (bicyclic) bond motifs is 1. The second-order valence-electron chi connectivity index (χ2n) is 3.35. The van der Waals surface area contributed by atoms with Crippen LogP contribution in [-0.2, 0) is 0 Å². The molecule has 0 amide bonds. The molecular formula is C13H11Br. The van der Waals surface area contributed by atoms with Crippen LogP contribution in [0.25, 0.3) is 16.3 Å². The second kappa shape index (κ2) is 3.97. The van der Waals surface area contributed by atoms with Gasteiger partial charge in [-0.2, -0.15) is 0 Å². The van der Waals surface area contributed by atoms with Crippen LogP contribution in [0.5, 0.6) is 0 Å². The summed E-state index contributed by atoms with van der Waals surface area (Å²) in [7, 11) is 0. The monoisotopic (exact) mass is 246 g/mol. The van der Waals surface area contributed by atoms with E-state index in [2.05, 4.69) is 65.3 Å². The number of rotatable bonds is 1. The summed E-state index contributed by atoms with van der Waals surface area (Å²) in [5, 5.41) is 2.58. The fourth-order valence-corrected chi connectivity index (χ4v) is 1.76. The molecule has 0 aromatic heterocycles. The van der Waals surface area contributed by atoms with Gasteiger partial charge in [-0.3, -0.25) is 0 Å². The summed E-state index contributed by atoms with van der Waals surface area (Å²) in [6.07, 6.45) is 0. The quantitative estimate of drug-likeness (QED) is 0.691. The fourth-order valence-electron chi connectivity index (χ4n) is 1.50. The third kappa shape index (κ3) is 1.73. The van der Waals surface area contributed by atoms with Gasteiger partial charge in [-0.15, -0.1) is 0 Å². The predicted octanol–water partition coefficient (Wildman–Crippen LogP) is 4.60. The highest BCUT2D eigenvalue weighted by Gasteiger charge is 1.96. The number of allylic oxidation sites excluding steroid dienone is 1. The minimum atomic E-state index is 1.25. The molecule has 0 saturated heterocycles. The first-order valence-corrected chi connectivity index (χ1v) is 5.49. The average molecular weight is 247 g/mol. The molecule has 14 heavy (non-hydrogen) atoms. The zero-order valence-corrected chi connectivity index (χ0v) is 9.58. The highest BCUT2D eigenvalue weighted by molar-refractivity contribution is 9.11. The molecule has 2 aromatic carbocycles. The predicted molar refractivity (Wildman–Crippen MR) is 66.5 cm³/mol. The van der Waals surface area contributed by atoms with E-state index in [1.165, 1.54) is 21.9 Å². The number of hydrogen-bond acceptors (Lipinski definition) is 0. The van der Waals surface area contributed by atoms with E-state index in [9.17, 15) is 0 Å². The Morgan fingerprint density at radius 3 is 2.50 bits per heavy atom. The molecule has 0 fully saturated rings. The zero-order chi connectivity index (χ0) is 9.97. The molecule has 0 aliphatic carbocycles. The van der Waals surface area contributed by atoms with E-state index in [0.717, 1.165) is 0 Å². The van der Waals surface area contributed by atoms with Gasteiger partial charge < -0.3 is 0 Å². The van der Waals surface area contributed by atoms with E-state index in [-0.39, 0.29) is 0 Å². The SMILES string of the molecule is C/C(=C\Br)c1ccc2ccccc2c1. The maximum Gasteiger partial charge on any atom is -0.0154 e. The maximum absolute atomic E-state index is 3.35. The number of hydrogen-bond donors (Lipinski definition) is 0. The Hall–Kier alpha value is -1.08. The molecule has 0 aliphatic heterocycles. The van der Waals surface area contributed by atoms with Crippen LogP contribution in [0.4, 0.5) is 0 Å². The summed E-state index contributed by atoms with van der Waals surface area (Å²) in [6.45, 7) is 2.10. The van der Waals surface area contributed by atoms with Crippen molar-refractivity contribution < 1.29 is 0 Å². The van der Waals surface area contributed by atoms with Gasteiger partial charge in [0.2, 0.25) is 0 Å². The molecule has 0 unspecified atom stereocenters. The van der Waals surface area contributed by atoms with Gasteiger partial charge in [-0.1, -0.05) is 52.3 Å². The number of benzene rings is 2. The Labute approximate surface area is 92.4 Å². The van der Waals surface area contributed by atoms with Crippen LogP contribution in [0.1, 0.15) is 12.5 Å². The highest BCUT2D eigenvalue weighted by atomic mass is 79.9. The van der Waals surface area contributed by atoms with Gasteiger partial charge in [-0.25, -0.2) is 0 Å². The van der Waals surface area contributed by atoms with E-state index < -0.39 is 0 Å². The topological polar surface area (TPSA) is 0 Å². The van der Waals surface area contributed by atoms with Crippen LogP contribution in [0.15, 0.2) is 47.4 Å². The van der Waals surface area contributed by atoms with Crippen molar-refractivity contribution in [2.45, 2.75) is 6.92 Å². The minimum Gasteiger partial charge on any atom is -0.0616 e. The zero-order valence-electron chi connectivity index (χ0n) is 8.00. The molecule has 0 saturated carbocycles. The first-order chi connectivity index (χ1) is 6.81.